The van der Waals surface area contributed by atoms with E-state index in [2.05, 4.69) is 10.6 Å². The van der Waals surface area contributed by atoms with Crippen molar-refractivity contribution in [3.63, 3.8) is 0 Å². The molecule has 1 aliphatic heterocycles. The van der Waals surface area contributed by atoms with Crippen LogP contribution in [0, 0.1) is 0 Å². The first-order valence-corrected chi connectivity index (χ1v) is 7.63. The van der Waals surface area contributed by atoms with Gasteiger partial charge in [-0.05, 0) is 25.0 Å². The van der Waals surface area contributed by atoms with Crippen molar-refractivity contribution in [3.8, 4) is 0 Å². The quantitative estimate of drug-likeness (QED) is 0.690. The zero-order chi connectivity index (χ0) is 13.4. The molecule has 0 radical (unpaired) electrons. The van der Waals surface area contributed by atoms with Crippen molar-refractivity contribution >= 4 is 23.8 Å². The molecule has 6 heteroatoms. The third-order valence-electron chi connectivity index (χ3n) is 2.89. The van der Waals surface area contributed by atoms with Crippen molar-refractivity contribution in [1.29, 1.82) is 0 Å². The molecule has 18 heavy (non-hydrogen) atoms. The van der Waals surface area contributed by atoms with E-state index in [1.807, 2.05) is 18.7 Å². The number of carboxylic acids is 1. The zero-order valence-corrected chi connectivity index (χ0v) is 11.6. The lowest BCUT2D eigenvalue weighted by Crippen LogP contribution is -2.48. The molecule has 0 bridgehead atoms. The van der Waals surface area contributed by atoms with E-state index in [9.17, 15) is 9.59 Å². The monoisotopic (exact) mass is 274 g/mol. The Hall–Kier alpha value is -0.910. The highest BCUT2D eigenvalue weighted by Gasteiger charge is 2.19. The Balaban J connectivity index is 2.32. The summed E-state index contributed by atoms with van der Waals surface area (Å²) in [5.41, 5.74) is 0. The van der Waals surface area contributed by atoms with Gasteiger partial charge < -0.3 is 15.7 Å². The fourth-order valence-corrected chi connectivity index (χ4v) is 3.12. The molecule has 5 nitrogen and oxygen atoms in total. The van der Waals surface area contributed by atoms with Gasteiger partial charge in [0.05, 0.1) is 6.42 Å². The summed E-state index contributed by atoms with van der Waals surface area (Å²) >= 11 is 1.85. The summed E-state index contributed by atoms with van der Waals surface area (Å²) in [6.45, 7) is 1.98. The molecule has 2 amide bonds. The first-order valence-electron chi connectivity index (χ1n) is 6.48. The summed E-state index contributed by atoms with van der Waals surface area (Å²) in [7, 11) is 0. The third kappa shape index (κ3) is 6.14. The van der Waals surface area contributed by atoms with Gasteiger partial charge in [0.2, 0.25) is 0 Å². The van der Waals surface area contributed by atoms with Gasteiger partial charge in [-0.2, -0.15) is 11.8 Å². The summed E-state index contributed by atoms with van der Waals surface area (Å²) in [5, 5.41) is 14.4. The standard InChI is InChI=1S/C12H22N2O3S/c1-2-4-9(7-11(15)16)13-12(17)14-10-5-3-6-18-8-10/h9-10H,2-8H2,1H3,(H,15,16)(H2,13,14,17). The van der Waals surface area contributed by atoms with Crippen LogP contribution in [-0.2, 0) is 4.79 Å². The van der Waals surface area contributed by atoms with E-state index in [1.54, 1.807) is 0 Å². The van der Waals surface area contributed by atoms with Crippen LogP contribution in [0.5, 0.6) is 0 Å². The highest BCUT2D eigenvalue weighted by Crippen LogP contribution is 2.16. The molecule has 1 heterocycles. The van der Waals surface area contributed by atoms with Crippen LogP contribution in [0.2, 0.25) is 0 Å². The van der Waals surface area contributed by atoms with Gasteiger partial charge in [-0.1, -0.05) is 13.3 Å². The average Bonchev–Trinajstić information content (AvgIpc) is 2.29. The van der Waals surface area contributed by atoms with E-state index in [-0.39, 0.29) is 24.5 Å². The zero-order valence-electron chi connectivity index (χ0n) is 10.8. The van der Waals surface area contributed by atoms with Crippen molar-refractivity contribution in [1.82, 2.24) is 10.6 Å². The molecule has 0 aromatic rings. The number of rotatable bonds is 6. The number of aliphatic carboxylic acids is 1. The van der Waals surface area contributed by atoms with Crippen LogP contribution in [0.15, 0.2) is 0 Å². The topological polar surface area (TPSA) is 78.4 Å². The SMILES string of the molecule is CCCC(CC(=O)O)NC(=O)NC1CCCSC1. The van der Waals surface area contributed by atoms with Gasteiger partial charge in [-0.15, -0.1) is 0 Å². The maximum atomic E-state index is 11.8. The highest BCUT2D eigenvalue weighted by molar-refractivity contribution is 7.99. The summed E-state index contributed by atoms with van der Waals surface area (Å²) in [5.74, 6) is 1.24. The van der Waals surface area contributed by atoms with Crippen LogP contribution < -0.4 is 10.6 Å². The number of hydrogen-bond acceptors (Lipinski definition) is 3. The highest BCUT2D eigenvalue weighted by atomic mass is 32.2. The molecule has 1 rings (SSSR count). The van der Waals surface area contributed by atoms with Gasteiger partial charge in [-0.3, -0.25) is 4.79 Å². The van der Waals surface area contributed by atoms with Gasteiger partial charge in [-0.25, -0.2) is 4.79 Å². The summed E-state index contributed by atoms with van der Waals surface area (Å²) in [4.78, 5) is 22.4. The number of amides is 2. The van der Waals surface area contributed by atoms with E-state index in [0.29, 0.717) is 6.42 Å². The molecule has 104 valence electrons. The van der Waals surface area contributed by atoms with Crippen molar-refractivity contribution in [2.75, 3.05) is 11.5 Å². The first-order chi connectivity index (χ1) is 8.61. The van der Waals surface area contributed by atoms with Crippen molar-refractivity contribution < 1.29 is 14.7 Å². The number of nitrogens with one attached hydrogen (secondary N) is 2. The lowest BCUT2D eigenvalue weighted by atomic mass is 10.1. The van der Waals surface area contributed by atoms with Gasteiger partial charge in [0.15, 0.2) is 0 Å². The van der Waals surface area contributed by atoms with Crippen LogP contribution in [0.3, 0.4) is 0 Å². The predicted octanol–water partition coefficient (Wildman–Crippen LogP) is 1.82. The molecule has 1 aliphatic rings. The molecule has 1 fully saturated rings. The van der Waals surface area contributed by atoms with Crippen molar-refractivity contribution in [2.45, 2.75) is 51.1 Å². The maximum Gasteiger partial charge on any atom is 0.315 e. The molecule has 0 spiro atoms. The molecule has 0 saturated carbocycles. The number of hydrogen-bond donors (Lipinski definition) is 3. The van der Waals surface area contributed by atoms with Gasteiger partial charge in [0, 0.05) is 17.8 Å². The fraction of sp³-hybridized carbons (Fsp3) is 0.833. The summed E-state index contributed by atoms with van der Waals surface area (Å²) in [6, 6.07) is -0.290. The van der Waals surface area contributed by atoms with Gasteiger partial charge in [0.1, 0.15) is 0 Å². The smallest absolute Gasteiger partial charge is 0.315 e. The normalized spacial score (nSPS) is 21.1. The van der Waals surface area contributed by atoms with E-state index < -0.39 is 5.97 Å². The van der Waals surface area contributed by atoms with Crippen LogP contribution >= 0.6 is 11.8 Å². The molecule has 0 aliphatic carbocycles. The van der Waals surface area contributed by atoms with E-state index in [1.165, 1.54) is 0 Å². The van der Waals surface area contributed by atoms with E-state index in [4.69, 9.17) is 5.11 Å². The van der Waals surface area contributed by atoms with Crippen LogP contribution in [0.1, 0.15) is 39.0 Å². The molecule has 2 unspecified atom stereocenters. The second-order valence-electron chi connectivity index (χ2n) is 4.62. The molecule has 0 aromatic heterocycles. The Bertz CT molecular complexity index is 280. The maximum absolute atomic E-state index is 11.8. The van der Waals surface area contributed by atoms with Crippen LogP contribution in [0.4, 0.5) is 4.79 Å². The fourth-order valence-electron chi connectivity index (χ4n) is 2.05. The average molecular weight is 274 g/mol. The van der Waals surface area contributed by atoms with Gasteiger partial charge >= 0.3 is 12.0 Å². The number of carbonyl (C=O) groups excluding carboxylic acids is 1. The molecular formula is C12H22N2O3S. The van der Waals surface area contributed by atoms with E-state index in [0.717, 1.165) is 30.8 Å². The lowest BCUT2D eigenvalue weighted by molar-refractivity contribution is -0.137. The number of carboxylic acid groups (broad SMARTS) is 1. The second kappa shape index (κ2) is 8.24. The molecule has 2 atom stereocenters. The largest absolute Gasteiger partial charge is 0.481 e. The first kappa shape index (κ1) is 15.1. The number of urea groups is 1. The van der Waals surface area contributed by atoms with Crippen molar-refractivity contribution in [3.05, 3.63) is 0 Å². The predicted molar refractivity (Wildman–Crippen MR) is 73.0 cm³/mol. The Morgan fingerprint density at radius 1 is 1.50 bits per heavy atom. The van der Waals surface area contributed by atoms with Crippen LogP contribution in [0.25, 0.3) is 0 Å². The minimum Gasteiger partial charge on any atom is -0.481 e. The number of thioether (sulfide) groups is 1. The molecular weight excluding hydrogens is 252 g/mol. The Labute approximate surface area is 112 Å². The Morgan fingerprint density at radius 3 is 2.83 bits per heavy atom. The Morgan fingerprint density at radius 2 is 2.28 bits per heavy atom. The molecule has 0 aromatic carbocycles. The van der Waals surface area contributed by atoms with Crippen molar-refractivity contribution in [2.24, 2.45) is 0 Å². The molecule has 1 saturated heterocycles. The molecule has 3 N–H and O–H groups in total. The minimum absolute atomic E-state index is 0.0132. The Kier molecular flexibility index (Phi) is 6.93. The summed E-state index contributed by atoms with van der Waals surface area (Å²) in [6.07, 6.45) is 3.68. The van der Waals surface area contributed by atoms with Crippen LogP contribution in [-0.4, -0.2) is 40.7 Å². The number of carbonyl (C=O) groups is 2. The van der Waals surface area contributed by atoms with E-state index >= 15 is 0 Å². The summed E-state index contributed by atoms with van der Waals surface area (Å²) < 4.78 is 0. The lowest BCUT2D eigenvalue weighted by Gasteiger charge is -2.24. The second-order valence-corrected chi connectivity index (χ2v) is 5.77. The third-order valence-corrected chi connectivity index (χ3v) is 4.10. The minimum atomic E-state index is -0.873. The van der Waals surface area contributed by atoms with Gasteiger partial charge in [0.25, 0.3) is 0 Å².